The summed E-state index contributed by atoms with van der Waals surface area (Å²) >= 11 is 0. The van der Waals surface area contributed by atoms with Gasteiger partial charge in [-0.2, -0.15) is 0 Å². The average Bonchev–Trinajstić information content (AvgIpc) is 2.55. The number of methoxy groups -OCH3 is 2. The predicted octanol–water partition coefficient (Wildman–Crippen LogP) is 1.13. The summed E-state index contributed by atoms with van der Waals surface area (Å²) in [7, 11) is 3.23. The van der Waals surface area contributed by atoms with E-state index in [2.05, 4.69) is 10.6 Å². The number of amides is 1. The van der Waals surface area contributed by atoms with Gasteiger partial charge >= 0.3 is 0 Å². The number of hydrogen-bond donors (Lipinski definition) is 2. The molecule has 1 aliphatic rings. The Kier molecular flexibility index (Phi) is 6.67. The van der Waals surface area contributed by atoms with Crippen LogP contribution in [0.25, 0.3) is 0 Å². The summed E-state index contributed by atoms with van der Waals surface area (Å²) in [5, 5.41) is 6.32. The third-order valence-corrected chi connectivity index (χ3v) is 3.83. The number of carbonyl (C=O) groups excluding carboxylic acids is 1. The van der Waals surface area contributed by atoms with E-state index >= 15 is 0 Å². The fraction of sp³-hybridized carbons (Fsp3) is 0.588. The smallest absolute Gasteiger partial charge is 0.221 e. The number of rotatable bonds is 7. The number of morpholine rings is 1. The van der Waals surface area contributed by atoms with Gasteiger partial charge in [0.15, 0.2) is 11.5 Å². The van der Waals surface area contributed by atoms with Crippen LogP contribution in [0.2, 0.25) is 0 Å². The van der Waals surface area contributed by atoms with E-state index in [0.717, 1.165) is 18.5 Å². The average molecular weight is 322 g/mol. The van der Waals surface area contributed by atoms with E-state index in [9.17, 15) is 4.79 Å². The fourth-order valence-electron chi connectivity index (χ4n) is 2.72. The minimum atomic E-state index is 0.0426. The highest BCUT2D eigenvalue weighted by Crippen LogP contribution is 2.27. The normalized spacial score (nSPS) is 19.0. The Morgan fingerprint density at radius 2 is 2.17 bits per heavy atom. The van der Waals surface area contributed by atoms with Crippen LogP contribution in [0.5, 0.6) is 11.5 Å². The molecule has 1 heterocycles. The molecule has 128 valence electrons. The van der Waals surface area contributed by atoms with Crippen molar-refractivity contribution < 1.29 is 19.0 Å². The van der Waals surface area contributed by atoms with Crippen LogP contribution in [0.3, 0.4) is 0 Å². The summed E-state index contributed by atoms with van der Waals surface area (Å²) in [6.07, 6.45) is 1.18. The molecule has 2 rings (SSSR count). The Morgan fingerprint density at radius 1 is 1.39 bits per heavy atom. The summed E-state index contributed by atoms with van der Waals surface area (Å²) in [4.78, 5) is 12.1. The maximum absolute atomic E-state index is 12.1. The van der Waals surface area contributed by atoms with Crippen molar-refractivity contribution in [2.75, 3.05) is 34.0 Å². The van der Waals surface area contributed by atoms with Crippen molar-refractivity contribution in [1.82, 2.24) is 10.6 Å². The molecule has 0 saturated carbocycles. The van der Waals surface area contributed by atoms with Crippen LogP contribution in [-0.4, -0.2) is 52.0 Å². The number of hydrogen-bond acceptors (Lipinski definition) is 5. The Morgan fingerprint density at radius 3 is 2.83 bits per heavy atom. The third-order valence-electron chi connectivity index (χ3n) is 3.83. The van der Waals surface area contributed by atoms with Crippen LogP contribution in [0, 0.1) is 0 Å². The molecule has 1 fully saturated rings. The second-order valence-corrected chi connectivity index (χ2v) is 5.79. The minimum absolute atomic E-state index is 0.0426. The molecular formula is C17H26N2O4. The first kappa shape index (κ1) is 17.6. The zero-order chi connectivity index (χ0) is 16.7. The molecule has 1 aromatic rings. The zero-order valence-corrected chi connectivity index (χ0v) is 14.1. The molecular weight excluding hydrogens is 296 g/mol. The van der Waals surface area contributed by atoms with Gasteiger partial charge in [0.05, 0.1) is 27.4 Å². The molecule has 1 amide bonds. The van der Waals surface area contributed by atoms with E-state index in [1.165, 1.54) is 0 Å². The van der Waals surface area contributed by atoms with Gasteiger partial charge in [0.2, 0.25) is 5.91 Å². The minimum Gasteiger partial charge on any atom is -0.493 e. The quantitative estimate of drug-likeness (QED) is 0.788. The maximum Gasteiger partial charge on any atom is 0.221 e. The molecule has 1 saturated heterocycles. The first-order chi connectivity index (χ1) is 11.1. The first-order valence-corrected chi connectivity index (χ1v) is 7.93. The summed E-state index contributed by atoms with van der Waals surface area (Å²) in [5.41, 5.74) is 1.09. The summed E-state index contributed by atoms with van der Waals surface area (Å²) < 4.78 is 15.9. The Balaban J connectivity index is 1.83. The molecule has 0 bridgehead atoms. The van der Waals surface area contributed by atoms with Crippen molar-refractivity contribution in [2.45, 2.75) is 31.8 Å². The highest BCUT2D eigenvalue weighted by Gasteiger charge is 2.18. The monoisotopic (exact) mass is 322 g/mol. The molecule has 2 atom stereocenters. The number of benzene rings is 1. The summed E-state index contributed by atoms with van der Waals surface area (Å²) in [5.74, 6) is 1.45. The lowest BCUT2D eigenvalue weighted by molar-refractivity contribution is -0.122. The number of carbonyl (C=O) groups is 1. The van der Waals surface area contributed by atoms with Crippen LogP contribution in [-0.2, 0) is 16.0 Å². The van der Waals surface area contributed by atoms with Gasteiger partial charge in [-0.1, -0.05) is 6.07 Å². The Bertz CT molecular complexity index is 515. The molecule has 2 N–H and O–H groups in total. The van der Waals surface area contributed by atoms with E-state index in [4.69, 9.17) is 14.2 Å². The number of nitrogens with one attached hydrogen (secondary N) is 2. The molecule has 1 aromatic carbocycles. The molecule has 0 spiro atoms. The molecule has 1 aliphatic heterocycles. The molecule has 2 unspecified atom stereocenters. The zero-order valence-electron chi connectivity index (χ0n) is 14.1. The van der Waals surface area contributed by atoms with Gasteiger partial charge in [-0.3, -0.25) is 4.79 Å². The Hall–Kier alpha value is -1.79. The van der Waals surface area contributed by atoms with E-state index < -0.39 is 0 Å². The van der Waals surface area contributed by atoms with Crippen LogP contribution in [0.4, 0.5) is 0 Å². The van der Waals surface area contributed by atoms with Crippen LogP contribution in [0.1, 0.15) is 18.9 Å². The van der Waals surface area contributed by atoms with Gasteiger partial charge in [0.25, 0.3) is 0 Å². The lowest BCUT2D eigenvalue weighted by Crippen LogP contribution is -2.45. The topological polar surface area (TPSA) is 68.8 Å². The van der Waals surface area contributed by atoms with Crippen molar-refractivity contribution in [3.8, 4) is 11.5 Å². The second kappa shape index (κ2) is 8.74. The fourth-order valence-corrected chi connectivity index (χ4v) is 2.72. The van der Waals surface area contributed by atoms with Crippen molar-refractivity contribution in [3.05, 3.63) is 23.8 Å². The van der Waals surface area contributed by atoms with Gasteiger partial charge in [-0.05, 0) is 31.0 Å². The van der Waals surface area contributed by atoms with Crippen LogP contribution in [0.15, 0.2) is 18.2 Å². The highest BCUT2D eigenvalue weighted by molar-refractivity contribution is 5.76. The predicted molar refractivity (Wildman–Crippen MR) is 88.1 cm³/mol. The van der Waals surface area contributed by atoms with Gasteiger partial charge in [-0.25, -0.2) is 0 Å². The molecule has 0 radical (unpaired) electrons. The second-order valence-electron chi connectivity index (χ2n) is 5.79. The molecule has 23 heavy (non-hydrogen) atoms. The van der Waals surface area contributed by atoms with Crippen molar-refractivity contribution in [1.29, 1.82) is 0 Å². The lowest BCUT2D eigenvalue weighted by atomic mass is 10.1. The summed E-state index contributed by atoms with van der Waals surface area (Å²) in [6.45, 7) is 4.11. The van der Waals surface area contributed by atoms with Crippen LogP contribution >= 0.6 is 0 Å². The van der Waals surface area contributed by atoms with E-state index in [1.54, 1.807) is 14.2 Å². The Labute approximate surface area is 137 Å². The standard InChI is InChI=1S/C17H26N2O4/c1-12(19-17(20)10-14-11-23-7-6-18-14)8-13-4-5-15(21-2)16(9-13)22-3/h4-5,9,12,14,18H,6-8,10-11H2,1-3H3,(H,19,20). The third kappa shape index (κ3) is 5.41. The van der Waals surface area contributed by atoms with Crippen LogP contribution < -0.4 is 20.1 Å². The molecule has 6 nitrogen and oxygen atoms in total. The van der Waals surface area contributed by atoms with Crippen molar-refractivity contribution in [2.24, 2.45) is 0 Å². The van der Waals surface area contributed by atoms with Gasteiger partial charge in [0, 0.05) is 25.0 Å². The van der Waals surface area contributed by atoms with Crippen molar-refractivity contribution in [3.63, 3.8) is 0 Å². The largest absolute Gasteiger partial charge is 0.493 e. The first-order valence-electron chi connectivity index (χ1n) is 7.93. The van der Waals surface area contributed by atoms with Gasteiger partial charge < -0.3 is 24.8 Å². The molecule has 0 aromatic heterocycles. The van der Waals surface area contributed by atoms with Gasteiger partial charge in [-0.15, -0.1) is 0 Å². The molecule has 0 aliphatic carbocycles. The maximum atomic E-state index is 12.1. The SMILES string of the molecule is COc1ccc(CC(C)NC(=O)CC2COCCN2)cc1OC. The van der Waals surface area contributed by atoms with Crippen molar-refractivity contribution >= 4 is 5.91 Å². The van der Waals surface area contributed by atoms with E-state index in [1.807, 2.05) is 25.1 Å². The van der Waals surface area contributed by atoms with Gasteiger partial charge in [0.1, 0.15) is 0 Å². The highest BCUT2D eigenvalue weighted by atomic mass is 16.5. The number of ether oxygens (including phenoxy) is 3. The summed E-state index contributed by atoms with van der Waals surface area (Å²) in [6, 6.07) is 5.96. The lowest BCUT2D eigenvalue weighted by Gasteiger charge is -2.24. The molecule has 6 heteroatoms. The van der Waals surface area contributed by atoms with E-state index in [-0.39, 0.29) is 18.0 Å². The van der Waals surface area contributed by atoms with E-state index in [0.29, 0.717) is 31.1 Å².